The van der Waals surface area contributed by atoms with Gasteiger partial charge in [-0.15, -0.1) is 11.3 Å². The van der Waals surface area contributed by atoms with Crippen LogP contribution in [-0.2, 0) is 10.3 Å². The third kappa shape index (κ3) is 1.86. The first-order chi connectivity index (χ1) is 5.58. The van der Waals surface area contributed by atoms with Crippen LogP contribution in [0.4, 0.5) is 0 Å². The molecular formula is C9H15NOS. The molecule has 0 radical (unpaired) electrons. The van der Waals surface area contributed by atoms with Crippen molar-refractivity contribution in [2.75, 3.05) is 13.7 Å². The van der Waals surface area contributed by atoms with Gasteiger partial charge < -0.3 is 10.5 Å². The van der Waals surface area contributed by atoms with Gasteiger partial charge in [0.25, 0.3) is 0 Å². The molecule has 2 N–H and O–H groups in total. The van der Waals surface area contributed by atoms with Gasteiger partial charge in [-0.2, -0.15) is 0 Å². The fourth-order valence-corrected chi connectivity index (χ4v) is 2.19. The van der Waals surface area contributed by atoms with Gasteiger partial charge in [-0.3, -0.25) is 0 Å². The number of rotatable bonds is 3. The van der Waals surface area contributed by atoms with Crippen molar-refractivity contribution in [2.45, 2.75) is 19.4 Å². The quantitative estimate of drug-likeness (QED) is 0.780. The zero-order valence-corrected chi connectivity index (χ0v) is 8.57. The Labute approximate surface area is 77.3 Å². The van der Waals surface area contributed by atoms with E-state index in [2.05, 4.69) is 18.4 Å². The predicted octanol–water partition coefficient (Wildman–Crippen LogP) is 1.88. The Kier molecular flexibility index (Phi) is 2.88. The summed E-state index contributed by atoms with van der Waals surface area (Å²) in [5.41, 5.74) is 6.92. The molecule has 0 fully saturated rings. The topological polar surface area (TPSA) is 35.2 Å². The maximum absolute atomic E-state index is 6.08. The summed E-state index contributed by atoms with van der Waals surface area (Å²) in [6.07, 6.45) is 0. The average molecular weight is 185 g/mol. The Hall–Kier alpha value is -0.380. The number of nitrogens with two attached hydrogens (primary N) is 1. The summed E-state index contributed by atoms with van der Waals surface area (Å²) in [6.45, 7) is 4.64. The second-order valence-corrected chi connectivity index (χ2v) is 4.36. The Morgan fingerprint density at radius 3 is 2.75 bits per heavy atom. The highest BCUT2D eigenvalue weighted by Crippen LogP contribution is 2.25. The highest BCUT2D eigenvalue weighted by molar-refractivity contribution is 7.10. The molecule has 0 aliphatic rings. The first-order valence-electron chi connectivity index (χ1n) is 3.90. The van der Waals surface area contributed by atoms with Gasteiger partial charge in [0.05, 0.1) is 12.1 Å². The third-order valence-corrected chi connectivity index (χ3v) is 2.76. The highest BCUT2D eigenvalue weighted by atomic mass is 32.1. The predicted molar refractivity (Wildman–Crippen MR) is 52.5 cm³/mol. The van der Waals surface area contributed by atoms with E-state index in [4.69, 9.17) is 10.5 Å². The first-order valence-corrected chi connectivity index (χ1v) is 4.78. The van der Waals surface area contributed by atoms with Gasteiger partial charge >= 0.3 is 0 Å². The standard InChI is InChI=1S/C9H15NOS/c1-7-8(4-5-12-7)9(2,10)6-11-3/h4-5H,6,10H2,1-3H3. The van der Waals surface area contributed by atoms with E-state index in [1.807, 2.05) is 6.92 Å². The van der Waals surface area contributed by atoms with Gasteiger partial charge in [0, 0.05) is 12.0 Å². The van der Waals surface area contributed by atoms with E-state index in [-0.39, 0.29) is 5.54 Å². The lowest BCUT2D eigenvalue weighted by Crippen LogP contribution is -2.37. The Morgan fingerprint density at radius 2 is 2.33 bits per heavy atom. The van der Waals surface area contributed by atoms with Crippen LogP contribution in [0.2, 0.25) is 0 Å². The van der Waals surface area contributed by atoms with Crippen LogP contribution in [0, 0.1) is 6.92 Å². The van der Waals surface area contributed by atoms with Crippen molar-refractivity contribution >= 4 is 11.3 Å². The number of hydrogen-bond acceptors (Lipinski definition) is 3. The summed E-state index contributed by atoms with van der Waals surface area (Å²) >= 11 is 1.72. The molecule has 68 valence electrons. The molecule has 0 aromatic carbocycles. The van der Waals surface area contributed by atoms with Crippen LogP contribution in [-0.4, -0.2) is 13.7 Å². The molecule has 0 aliphatic heterocycles. The van der Waals surface area contributed by atoms with Crippen LogP contribution in [0.25, 0.3) is 0 Å². The van der Waals surface area contributed by atoms with Crippen LogP contribution in [0.3, 0.4) is 0 Å². The molecule has 1 aromatic heterocycles. The lowest BCUT2D eigenvalue weighted by molar-refractivity contribution is 0.141. The van der Waals surface area contributed by atoms with Crippen LogP contribution in [0.15, 0.2) is 11.4 Å². The normalized spacial score (nSPS) is 16.0. The minimum absolute atomic E-state index is 0.348. The monoisotopic (exact) mass is 185 g/mol. The maximum Gasteiger partial charge on any atom is 0.0682 e. The Bertz CT molecular complexity index is 255. The minimum atomic E-state index is -0.348. The molecule has 2 nitrogen and oxygen atoms in total. The Balaban J connectivity index is 2.88. The number of ether oxygens (including phenoxy) is 1. The molecule has 12 heavy (non-hydrogen) atoms. The smallest absolute Gasteiger partial charge is 0.0682 e. The van der Waals surface area contributed by atoms with Crippen molar-refractivity contribution in [3.8, 4) is 0 Å². The number of hydrogen-bond donors (Lipinski definition) is 1. The SMILES string of the molecule is COCC(C)(N)c1ccsc1C. The molecule has 0 aliphatic carbocycles. The van der Waals surface area contributed by atoms with Gasteiger partial charge in [-0.25, -0.2) is 0 Å². The zero-order valence-electron chi connectivity index (χ0n) is 7.76. The second-order valence-electron chi connectivity index (χ2n) is 3.24. The molecular weight excluding hydrogens is 170 g/mol. The minimum Gasteiger partial charge on any atom is -0.382 e. The molecule has 0 bridgehead atoms. The van der Waals surface area contributed by atoms with Gasteiger partial charge in [0.15, 0.2) is 0 Å². The van der Waals surface area contributed by atoms with E-state index in [0.717, 1.165) is 0 Å². The summed E-state index contributed by atoms with van der Waals surface area (Å²) in [4.78, 5) is 1.28. The molecule has 3 heteroatoms. The Morgan fingerprint density at radius 1 is 1.67 bits per heavy atom. The largest absolute Gasteiger partial charge is 0.382 e. The third-order valence-electron chi connectivity index (χ3n) is 1.92. The summed E-state index contributed by atoms with van der Waals surface area (Å²) in [7, 11) is 1.67. The molecule has 1 unspecified atom stereocenters. The maximum atomic E-state index is 6.08. The zero-order chi connectivity index (χ0) is 9.19. The van der Waals surface area contributed by atoms with E-state index in [0.29, 0.717) is 6.61 Å². The lowest BCUT2D eigenvalue weighted by Gasteiger charge is -2.23. The molecule has 0 amide bonds. The lowest BCUT2D eigenvalue weighted by atomic mass is 9.95. The van der Waals surface area contributed by atoms with Crippen LogP contribution < -0.4 is 5.73 Å². The molecule has 1 aromatic rings. The molecule has 1 heterocycles. The summed E-state index contributed by atoms with van der Waals surface area (Å²) < 4.78 is 5.07. The fraction of sp³-hybridized carbons (Fsp3) is 0.556. The summed E-state index contributed by atoms with van der Waals surface area (Å²) in [5.74, 6) is 0. The van der Waals surface area contributed by atoms with E-state index >= 15 is 0 Å². The van der Waals surface area contributed by atoms with Crippen LogP contribution in [0.1, 0.15) is 17.4 Å². The molecule has 1 atom stereocenters. The van der Waals surface area contributed by atoms with Gasteiger partial charge in [0.2, 0.25) is 0 Å². The van der Waals surface area contributed by atoms with E-state index in [1.165, 1.54) is 10.4 Å². The summed E-state index contributed by atoms with van der Waals surface area (Å²) in [6, 6.07) is 2.07. The van der Waals surface area contributed by atoms with Crippen molar-refractivity contribution in [3.63, 3.8) is 0 Å². The van der Waals surface area contributed by atoms with Gasteiger partial charge in [-0.05, 0) is 30.9 Å². The summed E-state index contributed by atoms with van der Waals surface area (Å²) in [5, 5.41) is 2.06. The van der Waals surface area contributed by atoms with E-state index < -0.39 is 0 Å². The first kappa shape index (κ1) is 9.71. The van der Waals surface area contributed by atoms with E-state index in [9.17, 15) is 0 Å². The molecule has 1 rings (SSSR count). The van der Waals surface area contributed by atoms with Crippen molar-refractivity contribution in [1.82, 2.24) is 0 Å². The second kappa shape index (κ2) is 3.56. The number of aryl methyl sites for hydroxylation is 1. The van der Waals surface area contributed by atoms with Crippen LogP contribution in [0.5, 0.6) is 0 Å². The van der Waals surface area contributed by atoms with Gasteiger partial charge in [-0.1, -0.05) is 0 Å². The van der Waals surface area contributed by atoms with Crippen molar-refractivity contribution in [1.29, 1.82) is 0 Å². The van der Waals surface area contributed by atoms with E-state index in [1.54, 1.807) is 18.4 Å². The molecule has 0 saturated heterocycles. The molecule has 0 saturated carbocycles. The van der Waals surface area contributed by atoms with Gasteiger partial charge in [0.1, 0.15) is 0 Å². The average Bonchev–Trinajstić information content (AvgIpc) is 2.35. The fourth-order valence-electron chi connectivity index (χ4n) is 1.36. The molecule has 0 spiro atoms. The van der Waals surface area contributed by atoms with Crippen molar-refractivity contribution < 1.29 is 4.74 Å². The number of thiophene rings is 1. The van der Waals surface area contributed by atoms with Crippen molar-refractivity contribution in [3.05, 3.63) is 21.9 Å². The highest BCUT2D eigenvalue weighted by Gasteiger charge is 2.23. The number of methoxy groups -OCH3 is 1. The van der Waals surface area contributed by atoms with Crippen molar-refractivity contribution in [2.24, 2.45) is 5.73 Å². The van der Waals surface area contributed by atoms with Crippen LogP contribution >= 0.6 is 11.3 Å².